The number of nitrogens with zero attached hydrogens (tertiary/aromatic N) is 2. The van der Waals surface area contributed by atoms with E-state index in [4.69, 9.17) is 0 Å². The van der Waals surface area contributed by atoms with Crippen LogP contribution in [0.15, 0.2) is 194 Å². The van der Waals surface area contributed by atoms with E-state index in [-0.39, 0.29) is 5.41 Å². The third-order valence-electron chi connectivity index (χ3n) is 11.6. The Labute approximate surface area is 349 Å². The van der Waals surface area contributed by atoms with E-state index in [9.17, 15) is 0 Å². The SMILES string of the molecule is Cc1ccc(N(c2ccc(C=Cc3ccccc3)cc2)c2ccc3c(c2)C(C)(C)c2cc(N(c4ccc(C)cc4)c4ccc(C=Cc5ccccc5)cc4)ccc2-3)cc1. The molecule has 0 aromatic heterocycles. The number of rotatable bonds is 10. The van der Waals surface area contributed by atoms with Gasteiger partial charge in [0.2, 0.25) is 0 Å². The van der Waals surface area contributed by atoms with E-state index in [1.54, 1.807) is 0 Å². The molecule has 0 fully saturated rings. The summed E-state index contributed by atoms with van der Waals surface area (Å²) in [5.41, 5.74) is 19.0. The summed E-state index contributed by atoms with van der Waals surface area (Å²) in [6.07, 6.45) is 8.69. The molecular formula is C57H48N2. The molecular weight excluding hydrogens is 713 g/mol. The molecule has 1 aliphatic rings. The molecule has 0 atom stereocenters. The minimum atomic E-state index is -0.229. The Kier molecular flexibility index (Phi) is 10.1. The average molecular weight is 761 g/mol. The lowest BCUT2D eigenvalue weighted by atomic mass is 9.82. The van der Waals surface area contributed by atoms with Crippen molar-refractivity contribution in [3.8, 4) is 11.1 Å². The standard InChI is InChI=1S/C57H48N2/c1-41-15-27-47(28-16-41)58(49-31-23-45(24-32-49)21-19-43-11-7-5-8-12-43)51-35-37-53-54-38-36-52(40-56(54)57(3,4)55(53)39-51)59(48-29-17-42(2)18-30-48)50-33-25-46(26-34-50)22-20-44-13-9-6-10-14-44/h5-40H,1-4H3. The molecule has 286 valence electrons. The molecule has 9 rings (SSSR count). The van der Waals surface area contributed by atoms with Crippen molar-refractivity contribution in [2.75, 3.05) is 9.80 Å². The van der Waals surface area contributed by atoms with Gasteiger partial charge in [-0.1, -0.05) is 171 Å². The first-order chi connectivity index (χ1) is 28.8. The van der Waals surface area contributed by atoms with Crippen molar-refractivity contribution >= 4 is 58.4 Å². The highest BCUT2D eigenvalue weighted by Gasteiger charge is 2.37. The number of hydrogen-bond acceptors (Lipinski definition) is 2. The molecule has 0 saturated carbocycles. The van der Waals surface area contributed by atoms with E-state index in [1.165, 1.54) is 55.6 Å². The van der Waals surface area contributed by atoms with Crippen LogP contribution in [0.3, 0.4) is 0 Å². The zero-order valence-corrected chi connectivity index (χ0v) is 34.2. The fraction of sp³-hybridized carbons (Fsp3) is 0.0877. The van der Waals surface area contributed by atoms with Gasteiger partial charge in [0.05, 0.1) is 0 Å². The second-order valence-corrected chi connectivity index (χ2v) is 16.1. The smallest absolute Gasteiger partial charge is 0.0465 e. The van der Waals surface area contributed by atoms with Gasteiger partial charge in [-0.2, -0.15) is 0 Å². The molecule has 0 amide bonds. The largest absolute Gasteiger partial charge is 0.310 e. The number of benzene rings is 8. The van der Waals surface area contributed by atoms with E-state index in [0.717, 1.165) is 34.1 Å². The average Bonchev–Trinajstić information content (AvgIpc) is 3.50. The van der Waals surface area contributed by atoms with Crippen molar-refractivity contribution in [3.63, 3.8) is 0 Å². The zero-order valence-electron chi connectivity index (χ0n) is 34.2. The number of aryl methyl sites for hydroxylation is 2. The first-order valence-corrected chi connectivity index (χ1v) is 20.5. The van der Waals surface area contributed by atoms with Gasteiger partial charge in [0.15, 0.2) is 0 Å². The Balaban J connectivity index is 1.06. The molecule has 0 N–H and O–H groups in total. The zero-order chi connectivity index (χ0) is 40.3. The molecule has 8 aromatic carbocycles. The number of fused-ring (bicyclic) bond motifs is 3. The van der Waals surface area contributed by atoms with Crippen LogP contribution in [0.1, 0.15) is 58.4 Å². The third kappa shape index (κ3) is 7.78. The summed E-state index contributed by atoms with van der Waals surface area (Å²) in [7, 11) is 0. The molecule has 2 heteroatoms. The van der Waals surface area contributed by atoms with Crippen molar-refractivity contribution in [1.82, 2.24) is 0 Å². The van der Waals surface area contributed by atoms with Gasteiger partial charge in [0.25, 0.3) is 0 Å². The Morgan fingerprint density at radius 3 is 0.949 bits per heavy atom. The lowest BCUT2D eigenvalue weighted by Crippen LogP contribution is -2.17. The molecule has 8 aromatic rings. The maximum atomic E-state index is 2.41. The van der Waals surface area contributed by atoms with Gasteiger partial charge in [-0.3, -0.25) is 0 Å². The Morgan fingerprint density at radius 1 is 0.322 bits per heavy atom. The Morgan fingerprint density at radius 2 is 0.610 bits per heavy atom. The minimum absolute atomic E-state index is 0.229. The lowest BCUT2D eigenvalue weighted by molar-refractivity contribution is 0.660. The molecule has 1 aliphatic carbocycles. The van der Waals surface area contributed by atoms with Gasteiger partial charge in [0, 0.05) is 39.5 Å². The summed E-state index contributed by atoms with van der Waals surface area (Å²) < 4.78 is 0. The highest BCUT2D eigenvalue weighted by molar-refractivity contribution is 5.89. The van der Waals surface area contributed by atoms with Crippen LogP contribution < -0.4 is 9.80 Å². The predicted molar refractivity (Wildman–Crippen MR) is 254 cm³/mol. The summed E-state index contributed by atoms with van der Waals surface area (Å²) in [5, 5.41) is 0. The van der Waals surface area contributed by atoms with Gasteiger partial charge in [-0.05, 0) is 131 Å². The maximum Gasteiger partial charge on any atom is 0.0465 e. The monoisotopic (exact) mass is 760 g/mol. The summed E-state index contributed by atoms with van der Waals surface area (Å²) in [4.78, 5) is 4.76. The summed E-state index contributed by atoms with van der Waals surface area (Å²) >= 11 is 0. The highest BCUT2D eigenvalue weighted by Crippen LogP contribution is 2.52. The maximum absolute atomic E-state index is 2.41. The van der Waals surface area contributed by atoms with Crippen LogP contribution in [0.5, 0.6) is 0 Å². The summed E-state index contributed by atoms with van der Waals surface area (Å²) in [6, 6.07) is 70.4. The molecule has 0 radical (unpaired) electrons. The Bertz CT molecular complexity index is 2570. The van der Waals surface area contributed by atoms with Gasteiger partial charge in [-0.25, -0.2) is 0 Å². The van der Waals surface area contributed by atoms with Crippen molar-refractivity contribution in [1.29, 1.82) is 0 Å². The first kappa shape index (κ1) is 37.4. The van der Waals surface area contributed by atoms with Gasteiger partial charge >= 0.3 is 0 Å². The van der Waals surface area contributed by atoms with E-state index in [0.29, 0.717) is 0 Å². The molecule has 0 heterocycles. The van der Waals surface area contributed by atoms with E-state index < -0.39 is 0 Å². The minimum Gasteiger partial charge on any atom is -0.310 e. The second kappa shape index (κ2) is 16.0. The fourth-order valence-electron chi connectivity index (χ4n) is 8.26. The summed E-state index contributed by atoms with van der Waals surface area (Å²) in [6.45, 7) is 9.04. The normalized spacial score (nSPS) is 12.7. The predicted octanol–water partition coefficient (Wildman–Crippen LogP) is 15.9. The van der Waals surface area contributed by atoms with Gasteiger partial charge < -0.3 is 9.80 Å². The molecule has 0 aliphatic heterocycles. The van der Waals surface area contributed by atoms with Crippen molar-refractivity contribution in [2.24, 2.45) is 0 Å². The van der Waals surface area contributed by atoms with Crippen molar-refractivity contribution in [3.05, 3.63) is 239 Å². The Hall–Kier alpha value is -7.16. The van der Waals surface area contributed by atoms with E-state index >= 15 is 0 Å². The molecule has 0 spiro atoms. The lowest BCUT2D eigenvalue weighted by Gasteiger charge is -2.29. The second-order valence-electron chi connectivity index (χ2n) is 16.1. The van der Waals surface area contributed by atoms with Crippen LogP contribution in [0.2, 0.25) is 0 Å². The van der Waals surface area contributed by atoms with Gasteiger partial charge in [-0.15, -0.1) is 0 Å². The van der Waals surface area contributed by atoms with E-state index in [2.05, 4.69) is 256 Å². The molecule has 2 nitrogen and oxygen atoms in total. The van der Waals surface area contributed by atoms with Crippen LogP contribution in [0.4, 0.5) is 34.1 Å². The third-order valence-corrected chi connectivity index (χ3v) is 11.6. The quantitative estimate of drug-likeness (QED) is 0.128. The number of hydrogen-bond donors (Lipinski definition) is 0. The van der Waals surface area contributed by atoms with Crippen LogP contribution in [0.25, 0.3) is 35.4 Å². The molecule has 59 heavy (non-hydrogen) atoms. The summed E-state index contributed by atoms with van der Waals surface area (Å²) in [5.74, 6) is 0. The number of anilines is 6. The van der Waals surface area contributed by atoms with Crippen LogP contribution in [0, 0.1) is 13.8 Å². The van der Waals surface area contributed by atoms with Crippen LogP contribution in [-0.4, -0.2) is 0 Å². The van der Waals surface area contributed by atoms with Crippen molar-refractivity contribution < 1.29 is 0 Å². The molecule has 0 unspecified atom stereocenters. The van der Waals surface area contributed by atoms with Crippen LogP contribution in [-0.2, 0) is 5.41 Å². The topological polar surface area (TPSA) is 6.48 Å². The highest BCUT2D eigenvalue weighted by atomic mass is 15.1. The first-order valence-electron chi connectivity index (χ1n) is 20.5. The fourth-order valence-corrected chi connectivity index (χ4v) is 8.26. The van der Waals surface area contributed by atoms with Crippen LogP contribution >= 0.6 is 0 Å². The van der Waals surface area contributed by atoms with Gasteiger partial charge in [0.1, 0.15) is 0 Å². The molecule has 0 saturated heterocycles. The van der Waals surface area contributed by atoms with Crippen molar-refractivity contribution in [2.45, 2.75) is 33.1 Å². The van der Waals surface area contributed by atoms with E-state index in [1.807, 2.05) is 0 Å². The molecule has 0 bridgehead atoms.